The number of halogens is 2. The van der Waals surface area contributed by atoms with Gasteiger partial charge < -0.3 is 31.5 Å². The van der Waals surface area contributed by atoms with Gasteiger partial charge in [0, 0.05) is 28.8 Å². The average molecular weight is 488 g/mol. The van der Waals surface area contributed by atoms with Crippen LogP contribution in [0.1, 0.15) is 5.56 Å². The van der Waals surface area contributed by atoms with Crippen molar-refractivity contribution in [2.45, 2.75) is 5.79 Å². The van der Waals surface area contributed by atoms with Crippen LogP contribution >= 0.6 is 23.2 Å². The first-order chi connectivity index (χ1) is 14.7. The molecule has 0 amide bonds. The van der Waals surface area contributed by atoms with E-state index in [-0.39, 0.29) is 22.4 Å². The Labute approximate surface area is 189 Å². The SMILES string of the molecule is NC1=NC(N)(/C(=C/C(=O)O)C(=O)O)N=C(c2cc(Cl)ccc2Cl)N1.O=C(O)/C=C\C(=O)O. The van der Waals surface area contributed by atoms with Crippen molar-refractivity contribution in [2.75, 3.05) is 0 Å². The molecule has 0 saturated carbocycles. The number of carboxylic acid groups (broad SMARTS) is 4. The highest BCUT2D eigenvalue weighted by Gasteiger charge is 2.38. The number of carbonyl (C=O) groups is 4. The minimum absolute atomic E-state index is 0.00459. The third kappa shape index (κ3) is 7.71. The van der Waals surface area contributed by atoms with Crippen molar-refractivity contribution in [3.05, 3.63) is 57.6 Å². The minimum Gasteiger partial charge on any atom is -0.478 e. The second-order valence-electron chi connectivity index (χ2n) is 5.64. The normalized spacial score (nSPS) is 17.9. The Hall–Kier alpha value is -3.94. The van der Waals surface area contributed by atoms with E-state index in [4.69, 9.17) is 50.0 Å². The van der Waals surface area contributed by atoms with E-state index in [1.54, 1.807) is 0 Å². The van der Waals surface area contributed by atoms with Gasteiger partial charge >= 0.3 is 23.9 Å². The summed E-state index contributed by atoms with van der Waals surface area (Å²) in [6.45, 7) is 0. The van der Waals surface area contributed by atoms with E-state index in [2.05, 4.69) is 15.3 Å². The Bertz CT molecular complexity index is 1070. The van der Waals surface area contributed by atoms with Crippen LogP contribution < -0.4 is 16.8 Å². The lowest BCUT2D eigenvalue weighted by atomic mass is 10.1. The molecule has 0 aromatic heterocycles. The molecule has 170 valence electrons. The number of benzene rings is 1. The zero-order chi connectivity index (χ0) is 24.6. The Morgan fingerprint density at radius 3 is 2.00 bits per heavy atom. The summed E-state index contributed by atoms with van der Waals surface area (Å²) in [5, 5.41) is 36.8. The molecule has 13 nitrogen and oxygen atoms in total. The molecule has 1 heterocycles. The number of carboxylic acids is 4. The van der Waals surface area contributed by atoms with Crippen molar-refractivity contribution >= 4 is 58.9 Å². The predicted molar refractivity (Wildman–Crippen MR) is 112 cm³/mol. The third-order valence-corrected chi connectivity index (χ3v) is 3.83. The Balaban J connectivity index is 0.000000547. The highest BCUT2D eigenvalue weighted by molar-refractivity contribution is 6.36. The van der Waals surface area contributed by atoms with Crippen LogP contribution in [0.3, 0.4) is 0 Å². The van der Waals surface area contributed by atoms with Gasteiger partial charge in [-0.2, -0.15) is 0 Å². The number of nitrogens with zero attached hydrogens (tertiary/aromatic N) is 2. The lowest BCUT2D eigenvalue weighted by molar-refractivity contribution is -0.135. The van der Waals surface area contributed by atoms with Gasteiger partial charge in [0.05, 0.1) is 5.02 Å². The average Bonchev–Trinajstić information content (AvgIpc) is 2.65. The van der Waals surface area contributed by atoms with Crippen molar-refractivity contribution in [2.24, 2.45) is 21.5 Å². The van der Waals surface area contributed by atoms with Gasteiger partial charge in [-0.1, -0.05) is 23.2 Å². The number of nitrogens with two attached hydrogens (primary N) is 2. The lowest BCUT2D eigenvalue weighted by Crippen LogP contribution is -2.52. The first-order valence-electron chi connectivity index (χ1n) is 8.04. The molecule has 0 radical (unpaired) electrons. The molecular formula is C17H15Cl2N5O8. The summed E-state index contributed by atoms with van der Waals surface area (Å²) in [6, 6.07) is 4.49. The van der Waals surface area contributed by atoms with Crippen LogP contribution in [0.15, 0.2) is 52.0 Å². The fraction of sp³-hybridized carbons (Fsp3) is 0.0588. The summed E-state index contributed by atoms with van der Waals surface area (Å²) >= 11 is 12.0. The highest BCUT2D eigenvalue weighted by Crippen LogP contribution is 2.26. The van der Waals surface area contributed by atoms with E-state index in [1.165, 1.54) is 18.2 Å². The van der Waals surface area contributed by atoms with Crippen LogP contribution in [0.5, 0.6) is 0 Å². The maximum Gasteiger partial charge on any atom is 0.337 e. The quantitative estimate of drug-likeness (QED) is 0.265. The number of hydrogen-bond donors (Lipinski definition) is 7. The monoisotopic (exact) mass is 487 g/mol. The summed E-state index contributed by atoms with van der Waals surface area (Å²) < 4.78 is 0. The zero-order valence-corrected chi connectivity index (χ0v) is 17.2. The molecule has 15 heteroatoms. The molecule has 0 fully saturated rings. The van der Waals surface area contributed by atoms with Crippen molar-refractivity contribution in [1.29, 1.82) is 0 Å². The molecule has 0 aliphatic carbocycles. The van der Waals surface area contributed by atoms with Gasteiger partial charge in [0.25, 0.3) is 0 Å². The highest BCUT2D eigenvalue weighted by atomic mass is 35.5. The molecule has 1 atom stereocenters. The zero-order valence-electron chi connectivity index (χ0n) is 15.7. The topological polar surface area (TPSA) is 238 Å². The van der Waals surface area contributed by atoms with Crippen LogP contribution in [0.2, 0.25) is 10.0 Å². The van der Waals surface area contributed by atoms with Crippen LogP contribution in [-0.4, -0.2) is 61.9 Å². The fourth-order valence-electron chi connectivity index (χ4n) is 2.07. The van der Waals surface area contributed by atoms with Crippen LogP contribution in [-0.2, 0) is 19.2 Å². The largest absolute Gasteiger partial charge is 0.478 e. The fourth-order valence-corrected chi connectivity index (χ4v) is 2.45. The van der Waals surface area contributed by atoms with E-state index < -0.39 is 35.2 Å². The maximum atomic E-state index is 11.4. The van der Waals surface area contributed by atoms with Gasteiger partial charge in [-0.05, 0) is 18.2 Å². The third-order valence-electron chi connectivity index (χ3n) is 3.27. The molecule has 0 saturated heterocycles. The molecule has 1 aliphatic rings. The first-order valence-corrected chi connectivity index (χ1v) is 8.79. The predicted octanol–water partition coefficient (Wildman–Crippen LogP) is 0.0778. The van der Waals surface area contributed by atoms with Gasteiger partial charge in [-0.3, -0.25) is 5.73 Å². The van der Waals surface area contributed by atoms with Crippen molar-refractivity contribution in [1.82, 2.24) is 5.32 Å². The summed E-state index contributed by atoms with van der Waals surface area (Å²) in [6.07, 6.45) is 1.51. The van der Waals surface area contributed by atoms with Gasteiger partial charge in [0.15, 0.2) is 5.96 Å². The molecule has 1 aromatic carbocycles. The Morgan fingerprint density at radius 2 is 1.53 bits per heavy atom. The molecule has 0 spiro atoms. The van der Waals surface area contributed by atoms with E-state index in [0.29, 0.717) is 23.3 Å². The second-order valence-corrected chi connectivity index (χ2v) is 6.49. The molecule has 1 aliphatic heterocycles. The summed E-state index contributed by atoms with van der Waals surface area (Å²) in [7, 11) is 0. The molecular weight excluding hydrogens is 473 g/mol. The van der Waals surface area contributed by atoms with Gasteiger partial charge in [-0.25, -0.2) is 29.2 Å². The van der Waals surface area contributed by atoms with Crippen molar-refractivity contribution in [3.63, 3.8) is 0 Å². The number of amidine groups is 1. The van der Waals surface area contributed by atoms with Gasteiger partial charge in [-0.15, -0.1) is 0 Å². The van der Waals surface area contributed by atoms with Crippen LogP contribution in [0.4, 0.5) is 0 Å². The number of rotatable bonds is 6. The summed E-state index contributed by atoms with van der Waals surface area (Å²) in [5.74, 6) is -8.17. The standard InChI is InChI=1S/C13H11Cl2N5O4.C4H4O4/c14-5-1-2-8(15)6(3-5)10-18-12(16)20-13(17,19-10)7(11(23)24)4-9(21)22;5-3(6)1-2-4(7)8/h1-4H,17H2,(H,21,22)(H,23,24)(H3,16,18,19,20);1-2H,(H,5,6)(H,7,8)/b7-4+;2-1-. The molecule has 1 unspecified atom stereocenters. The van der Waals surface area contributed by atoms with Crippen molar-refractivity contribution in [3.8, 4) is 0 Å². The Kier molecular flexibility index (Phi) is 8.89. The smallest absolute Gasteiger partial charge is 0.337 e. The van der Waals surface area contributed by atoms with Gasteiger partial charge in [0.1, 0.15) is 11.4 Å². The number of aliphatic carboxylic acids is 4. The molecule has 1 aromatic rings. The van der Waals surface area contributed by atoms with Crippen LogP contribution in [0.25, 0.3) is 0 Å². The van der Waals surface area contributed by atoms with Crippen LogP contribution in [0, 0.1) is 0 Å². The first kappa shape index (κ1) is 26.1. The number of aliphatic imine (C=N–C) groups is 2. The number of guanidine groups is 1. The van der Waals surface area contributed by atoms with Gasteiger partial charge in [0.2, 0.25) is 5.79 Å². The molecule has 32 heavy (non-hydrogen) atoms. The van der Waals surface area contributed by atoms with E-state index in [0.717, 1.165) is 0 Å². The summed E-state index contributed by atoms with van der Waals surface area (Å²) in [4.78, 5) is 49.0. The van der Waals surface area contributed by atoms with E-state index in [1.807, 2.05) is 0 Å². The molecule has 0 bridgehead atoms. The maximum absolute atomic E-state index is 11.4. The number of nitrogens with one attached hydrogen (secondary N) is 1. The second kappa shape index (κ2) is 10.9. The number of hydrogen-bond acceptors (Lipinski definition) is 9. The lowest BCUT2D eigenvalue weighted by Gasteiger charge is -2.28. The summed E-state index contributed by atoms with van der Waals surface area (Å²) in [5.41, 5.74) is 11.0. The molecule has 2 rings (SSSR count). The van der Waals surface area contributed by atoms with E-state index in [9.17, 15) is 24.3 Å². The molecule has 9 N–H and O–H groups in total. The minimum atomic E-state index is -2.25. The Morgan fingerprint density at radius 1 is 0.969 bits per heavy atom. The van der Waals surface area contributed by atoms with Crippen molar-refractivity contribution < 1.29 is 39.6 Å². The van der Waals surface area contributed by atoms with E-state index >= 15 is 0 Å².